The van der Waals surface area contributed by atoms with Crippen LogP contribution in [0.3, 0.4) is 0 Å². The molecule has 0 unspecified atom stereocenters. The molecule has 0 bridgehead atoms. The molecule has 1 saturated heterocycles. The minimum Gasteiger partial charge on any atom is -0.485 e. The number of hydrogen-bond acceptors (Lipinski definition) is 6. The van der Waals surface area contributed by atoms with Crippen LogP contribution in [0.1, 0.15) is 53.6 Å². The van der Waals surface area contributed by atoms with Crippen LogP contribution in [0.25, 0.3) is 11.3 Å². The number of halogens is 2. The first-order valence-electron chi connectivity index (χ1n) is 13.3. The summed E-state index contributed by atoms with van der Waals surface area (Å²) in [7, 11) is 0. The molecule has 40 heavy (non-hydrogen) atoms. The molecule has 3 N–H and O–H groups in total. The van der Waals surface area contributed by atoms with E-state index in [1.165, 1.54) is 30.6 Å². The maximum absolute atomic E-state index is 14.9. The molecule has 0 spiro atoms. The fourth-order valence-corrected chi connectivity index (χ4v) is 5.17. The van der Waals surface area contributed by atoms with Crippen LogP contribution >= 0.6 is 0 Å². The van der Waals surface area contributed by atoms with Gasteiger partial charge in [0.05, 0.1) is 11.6 Å². The SMILES string of the molecule is C=CC(=O)N1CC[C@H](C)[C@H]1COc1c(N)ncnc1-c1cc(F)cc(NC(=O)c2ccc(C3CC3)cc2F)c1C. The van der Waals surface area contributed by atoms with Crippen molar-refractivity contribution in [2.45, 2.75) is 45.1 Å². The molecular formula is C30H31F2N5O3. The Morgan fingerprint density at radius 2 is 1.98 bits per heavy atom. The summed E-state index contributed by atoms with van der Waals surface area (Å²) >= 11 is 0. The molecule has 1 aromatic heterocycles. The Morgan fingerprint density at radius 3 is 2.67 bits per heavy atom. The molecule has 1 aliphatic heterocycles. The van der Waals surface area contributed by atoms with E-state index in [9.17, 15) is 18.4 Å². The van der Waals surface area contributed by atoms with E-state index in [-0.39, 0.29) is 53.0 Å². The maximum Gasteiger partial charge on any atom is 0.258 e. The van der Waals surface area contributed by atoms with Gasteiger partial charge in [-0.3, -0.25) is 9.59 Å². The molecule has 2 heterocycles. The number of nitrogens with zero attached hydrogens (tertiary/aromatic N) is 3. The normalized spacial score (nSPS) is 18.4. The van der Waals surface area contributed by atoms with Crippen molar-refractivity contribution in [3.63, 3.8) is 0 Å². The number of anilines is 2. The van der Waals surface area contributed by atoms with E-state index in [1.807, 2.05) is 6.92 Å². The van der Waals surface area contributed by atoms with Gasteiger partial charge in [0.25, 0.3) is 5.91 Å². The van der Waals surface area contributed by atoms with Gasteiger partial charge < -0.3 is 20.7 Å². The highest BCUT2D eigenvalue weighted by molar-refractivity contribution is 6.05. The van der Waals surface area contributed by atoms with Crippen molar-refractivity contribution in [2.24, 2.45) is 5.92 Å². The molecule has 2 aromatic carbocycles. The fraction of sp³-hybridized carbons (Fsp3) is 0.333. The molecule has 8 nitrogen and oxygen atoms in total. The number of rotatable bonds is 8. The van der Waals surface area contributed by atoms with Gasteiger partial charge in [-0.25, -0.2) is 18.7 Å². The molecule has 2 amide bonds. The number of hydrogen-bond donors (Lipinski definition) is 2. The summed E-state index contributed by atoms with van der Waals surface area (Å²) in [5, 5.41) is 2.64. The van der Waals surface area contributed by atoms with E-state index >= 15 is 0 Å². The van der Waals surface area contributed by atoms with Crippen LogP contribution in [-0.2, 0) is 4.79 Å². The maximum atomic E-state index is 14.9. The molecule has 3 aromatic rings. The first-order valence-corrected chi connectivity index (χ1v) is 13.3. The van der Waals surface area contributed by atoms with Crippen molar-refractivity contribution in [3.05, 3.63) is 77.6 Å². The molecule has 1 aliphatic carbocycles. The van der Waals surface area contributed by atoms with Gasteiger partial charge in [-0.05, 0) is 79.5 Å². The van der Waals surface area contributed by atoms with Gasteiger partial charge >= 0.3 is 0 Å². The van der Waals surface area contributed by atoms with Crippen LogP contribution in [0.5, 0.6) is 5.75 Å². The largest absolute Gasteiger partial charge is 0.485 e. The molecule has 10 heteroatoms. The van der Waals surface area contributed by atoms with E-state index in [4.69, 9.17) is 10.5 Å². The molecule has 2 fully saturated rings. The van der Waals surface area contributed by atoms with Crippen LogP contribution in [0.4, 0.5) is 20.3 Å². The number of nitrogens with two attached hydrogens (primary N) is 1. The third-order valence-electron chi connectivity index (χ3n) is 7.73. The highest BCUT2D eigenvalue weighted by Gasteiger charge is 2.34. The first-order chi connectivity index (χ1) is 19.2. The minimum atomic E-state index is -0.694. The zero-order valence-corrected chi connectivity index (χ0v) is 22.4. The number of nitrogens with one attached hydrogen (secondary N) is 1. The van der Waals surface area contributed by atoms with E-state index < -0.39 is 17.5 Å². The summed E-state index contributed by atoms with van der Waals surface area (Å²) in [6.45, 7) is 8.00. The Hall–Kier alpha value is -4.34. The first kappa shape index (κ1) is 27.2. The number of likely N-dealkylation sites (tertiary alicyclic amines) is 1. The standard InChI is InChI=1S/C30H31F2N5O3/c1-4-26(38)37-10-9-16(2)25(37)14-40-28-27(34-15-35-29(28)33)22-12-20(31)13-24(17(22)3)36-30(39)21-8-7-19(11-23(21)32)18-5-6-18/h4,7-8,11-13,15-16,18,25H,1,5-6,9-10,14H2,2-3H3,(H,36,39)(H2,33,34,35)/t16-,25+/m0/s1. The van der Waals surface area contributed by atoms with Gasteiger partial charge in [0.1, 0.15) is 30.3 Å². The molecule has 1 saturated carbocycles. The van der Waals surface area contributed by atoms with Crippen LogP contribution in [0.15, 0.2) is 49.3 Å². The Kier molecular flexibility index (Phi) is 7.51. The molecule has 2 atom stereocenters. The number of amides is 2. The molecule has 208 valence electrons. The Bertz CT molecular complexity index is 1490. The smallest absolute Gasteiger partial charge is 0.258 e. The van der Waals surface area contributed by atoms with Crippen molar-refractivity contribution in [1.29, 1.82) is 0 Å². The molecule has 0 radical (unpaired) electrons. The number of nitrogen functional groups attached to an aromatic ring is 1. The lowest BCUT2D eigenvalue weighted by molar-refractivity contribution is -0.127. The van der Waals surface area contributed by atoms with Gasteiger partial charge in [-0.1, -0.05) is 19.6 Å². The van der Waals surface area contributed by atoms with E-state index in [0.29, 0.717) is 23.6 Å². The predicted molar refractivity (Wildman–Crippen MR) is 148 cm³/mol. The quantitative estimate of drug-likeness (QED) is 0.373. The van der Waals surface area contributed by atoms with E-state index in [1.54, 1.807) is 17.9 Å². The summed E-state index contributed by atoms with van der Waals surface area (Å²) in [4.78, 5) is 35.3. The highest BCUT2D eigenvalue weighted by atomic mass is 19.1. The van der Waals surface area contributed by atoms with Crippen molar-refractivity contribution in [3.8, 4) is 17.0 Å². The second kappa shape index (κ2) is 11.0. The Labute approximate surface area is 231 Å². The van der Waals surface area contributed by atoms with Crippen LogP contribution in [0, 0.1) is 24.5 Å². The van der Waals surface area contributed by atoms with Gasteiger partial charge in [0.15, 0.2) is 11.6 Å². The van der Waals surface area contributed by atoms with E-state index in [2.05, 4.69) is 21.9 Å². The average molecular weight is 548 g/mol. The van der Waals surface area contributed by atoms with Gasteiger partial charge in [0, 0.05) is 17.8 Å². The minimum absolute atomic E-state index is 0.0457. The zero-order valence-electron chi connectivity index (χ0n) is 22.4. The van der Waals surface area contributed by atoms with Gasteiger partial charge in [0.2, 0.25) is 5.91 Å². The number of carbonyl (C=O) groups excluding carboxylic acids is 2. The van der Waals surface area contributed by atoms with Crippen molar-refractivity contribution in [1.82, 2.24) is 14.9 Å². The highest BCUT2D eigenvalue weighted by Crippen LogP contribution is 2.41. The van der Waals surface area contributed by atoms with Gasteiger partial charge in [-0.15, -0.1) is 0 Å². The second-order valence-electron chi connectivity index (χ2n) is 10.4. The summed E-state index contributed by atoms with van der Waals surface area (Å²) in [6.07, 6.45) is 5.36. The summed E-state index contributed by atoms with van der Waals surface area (Å²) in [5.74, 6) is -1.44. The number of carbonyl (C=O) groups is 2. The Morgan fingerprint density at radius 1 is 1.20 bits per heavy atom. The Balaban J connectivity index is 1.42. The van der Waals surface area contributed by atoms with Crippen LogP contribution in [-0.4, -0.2) is 45.9 Å². The lowest BCUT2D eigenvalue weighted by Crippen LogP contribution is -2.40. The third kappa shape index (κ3) is 5.38. The van der Waals surface area contributed by atoms with Crippen molar-refractivity contribution >= 4 is 23.3 Å². The fourth-order valence-electron chi connectivity index (χ4n) is 5.17. The monoisotopic (exact) mass is 547 g/mol. The summed E-state index contributed by atoms with van der Waals surface area (Å²) in [5.41, 5.74) is 8.08. The zero-order chi connectivity index (χ0) is 28.6. The van der Waals surface area contributed by atoms with Crippen molar-refractivity contribution in [2.75, 3.05) is 24.2 Å². The van der Waals surface area contributed by atoms with E-state index in [0.717, 1.165) is 30.9 Å². The summed E-state index contributed by atoms with van der Waals surface area (Å²) in [6, 6.07) is 6.80. The lowest BCUT2D eigenvalue weighted by Gasteiger charge is -2.26. The number of ether oxygens (including phenoxy) is 1. The number of aromatic nitrogens is 2. The number of benzene rings is 2. The van der Waals surface area contributed by atoms with Crippen molar-refractivity contribution < 1.29 is 23.1 Å². The molecule has 2 aliphatic rings. The summed E-state index contributed by atoms with van der Waals surface area (Å²) < 4.78 is 35.7. The average Bonchev–Trinajstić information content (AvgIpc) is 3.72. The topological polar surface area (TPSA) is 110 Å². The molecule has 5 rings (SSSR count). The van der Waals surface area contributed by atoms with Crippen LogP contribution < -0.4 is 15.8 Å². The van der Waals surface area contributed by atoms with Crippen LogP contribution in [0.2, 0.25) is 0 Å². The van der Waals surface area contributed by atoms with Gasteiger partial charge in [-0.2, -0.15) is 0 Å². The lowest BCUT2D eigenvalue weighted by atomic mass is 10.0. The predicted octanol–water partition coefficient (Wildman–Crippen LogP) is 5.24. The molecular weight excluding hydrogens is 516 g/mol. The second-order valence-corrected chi connectivity index (χ2v) is 10.4. The third-order valence-corrected chi connectivity index (χ3v) is 7.73.